The fourth-order valence-electron chi connectivity index (χ4n) is 3.97. The van der Waals surface area contributed by atoms with Crippen molar-refractivity contribution in [3.8, 4) is 28.7 Å². The molecule has 2 N–H and O–H groups in total. The van der Waals surface area contributed by atoms with E-state index in [4.69, 9.17) is 31.2 Å². The Morgan fingerprint density at radius 1 is 1.00 bits per heavy atom. The number of ether oxygens (including phenoxy) is 2. The van der Waals surface area contributed by atoms with Gasteiger partial charge in [-0.25, -0.2) is 4.98 Å². The molecule has 1 saturated heterocycles. The number of benzene rings is 3. The third-order valence-corrected chi connectivity index (χ3v) is 5.96. The standard InChI is InChI=1S/C26H26ClN3O3/c27-19-4-8-22(9-5-19)32-23-10-11-24-25(16-23)33-26(29-24)18-2-6-21(7-3-18)31-15-1-13-30-14-12-20(28)17-30/h2-11,16,20H,1,12-15,17,28H2/t20-/m1/s1. The van der Waals surface area contributed by atoms with Crippen LogP contribution in [0.25, 0.3) is 22.6 Å². The highest BCUT2D eigenvalue weighted by atomic mass is 35.5. The van der Waals surface area contributed by atoms with Gasteiger partial charge < -0.3 is 24.5 Å². The lowest BCUT2D eigenvalue weighted by Crippen LogP contribution is -2.28. The number of oxazole rings is 1. The van der Waals surface area contributed by atoms with Crippen LogP contribution >= 0.6 is 11.6 Å². The molecule has 0 aliphatic carbocycles. The van der Waals surface area contributed by atoms with Crippen LogP contribution in [0.15, 0.2) is 71.1 Å². The van der Waals surface area contributed by atoms with E-state index in [1.807, 2.05) is 54.6 Å². The molecule has 1 aliphatic rings. The quantitative estimate of drug-likeness (QED) is 0.336. The number of fused-ring (bicyclic) bond motifs is 1. The molecule has 0 bridgehead atoms. The van der Waals surface area contributed by atoms with Crippen LogP contribution in [-0.2, 0) is 0 Å². The number of likely N-dealkylation sites (tertiary alicyclic amines) is 1. The van der Waals surface area contributed by atoms with Crippen LogP contribution in [0.5, 0.6) is 17.2 Å². The lowest BCUT2D eigenvalue weighted by molar-refractivity contribution is 0.262. The average Bonchev–Trinajstić information content (AvgIpc) is 3.44. The normalized spacial score (nSPS) is 16.4. The number of rotatable bonds is 8. The van der Waals surface area contributed by atoms with Gasteiger partial charge in [0, 0.05) is 35.8 Å². The molecule has 0 amide bonds. The zero-order chi connectivity index (χ0) is 22.6. The van der Waals surface area contributed by atoms with E-state index in [-0.39, 0.29) is 0 Å². The van der Waals surface area contributed by atoms with Crippen molar-refractivity contribution in [3.05, 3.63) is 71.8 Å². The van der Waals surface area contributed by atoms with Crippen LogP contribution in [0.2, 0.25) is 5.02 Å². The first-order valence-corrected chi connectivity index (χ1v) is 11.6. The molecule has 5 rings (SSSR count). The molecule has 7 heteroatoms. The van der Waals surface area contributed by atoms with Gasteiger partial charge in [-0.1, -0.05) is 11.6 Å². The summed E-state index contributed by atoms with van der Waals surface area (Å²) in [5.74, 6) is 2.78. The van der Waals surface area contributed by atoms with E-state index in [0.717, 1.165) is 49.3 Å². The van der Waals surface area contributed by atoms with Crippen LogP contribution in [0, 0.1) is 0 Å². The van der Waals surface area contributed by atoms with Gasteiger partial charge in [-0.15, -0.1) is 0 Å². The molecular weight excluding hydrogens is 438 g/mol. The monoisotopic (exact) mass is 463 g/mol. The summed E-state index contributed by atoms with van der Waals surface area (Å²) in [6.45, 7) is 3.80. The van der Waals surface area contributed by atoms with Crippen molar-refractivity contribution in [1.29, 1.82) is 0 Å². The molecule has 1 aliphatic heterocycles. The Hall–Kier alpha value is -3.06. The number of hydrogen-bond donors (Lipinski definition) is 1. The number of hydrogen-bond acceptors (Lipinski definition) is 6. The third-order valence-electron chi connectivity index (χ3n) is 5.71. The second-order valence-corrected chi connectivity index (χ2v) is 8.72. The summed E-state index contributed by atoms with van der Waals surface area (Å²) in [7, 11) is 0. The molecule has 6 nitrogen and oxygen atoms in total. The minimum Gasteiger partial charge on any atom is -0.494 e. The SMILES string of the molecule is N[C@@H]1CCN(CCCOc2ccc(-c3nc4ccc(Oc5ccc(Cl)cc5)cc4o3)cc2)C1. The van der Waals surface area contributed by atoms with E-state index in [1.165, 1.54) is 0 Å². The summed E-state index contributed by atoms with van der Waals surface area (Å²) in [6, 6.07) is 21.0. The van der Waals surface area contributed by atoms with Gasteiger partial charge in [0.15, 0.2) is 5.58 Å². The topological polar surface area (TPSA) is 73.8 Å². The first kappa shape index (κ1) is 21.8. The number of nitrogens with zero attached hydrogens (tertiary/aromatic N) is 2. The fourth-order valence-corrected chi connectivity index (χ4v) is 4.09. The van der Waals surface area contributed by atoms with Crippen molar-refractivity contribution in [3.63, 3.8) is 0 Å². The predicted molar refractivity (Wildman–Crippen MR) is 130 cm³/mol. The second-order valence-electron chi connectivity index (χ2n) is 8.28. The zero-order valence-electron chi connectivity index (χ0n) is 18.2. The average molecular weight is 464 g/mol. The minimum atomic E-state index is 0.327. The zero-order valence-corrected chi connectivity index (χ0v) is 19.0. The van der Waals surface area contributed by atoms with Crippen molar-refractivity contribution < 1.29 is 13.9 Å². The maximum absolute atomic E-state index is 5.99. The molecule has 0 spiro atoms. The maximum Gasteiger partial charge on any atom is 0.227 e. The summed E-state index contributed by atoms with van der Waals surface area (Å²) in [6.07, 6.45) is 2.08. The van der Waals surface area contributed by atoms with Crippen molar-refractivity contribution in [2.45, 2.75) is 18.9 Å². The molecule has 0 radical (unpaired) electrons. The van der Waals surface area contributed by atoms with Crippen molar-refractivity contribution in [2.75, 3.05) is 26.2 Å². The Balaban J connectivity index is 1.19. The lowest BCUT2D eigenvalue weighted by Gasteiger charge is -2.15. The largest absolute Gasteiger partial charge is 0.494 e. The summed E-state index contributed by atoms with van der Waals surface area (Å²) in [5, 5.41) is 0.668. The molecule has 170 valence electrons. The Morgan fingerprint density at radius 3 is 2.52 bits per heavy atom. The van der Waals surface area contributed by atoms with E-state index in [9.17, 15) is 0 Å². The van der Waals surface area contributed by atoms with E-state index in [0.29, 0.717) is 40.6 Å². The molecule has 1 aromatic heterocycles. The van der Waals surface area contributed by atoms with Gasteiger partial charge in [0.1, 0.15) is 22.8 Å². The van der Waals surface area contributed by atoms with Gasteiger partial charge in [-0.3, -0.25) is 0 Å². The summed E-state index contributed by atoms with van der Waals surface area (Å²) in [5.41, 5.74) is 8.29. The van der Waals surface area contributed by atoms with Gasteiger partial charge in [-0.05, 0) is 80.1 Å². The predicted octanol–water partition coefficient (Wildman–Crippen LogP) is 5.74. The van der Waals surface area contributed by atoms with E-state index in [2.05, 4.69) is 9.88 Å². The highest BCUT2D eigenvalue weighted by Gasteiger charge is 2.18. The van der Waals surface area contributed by atoms with Crippen LogP contribution in [0.4, 0.5) is 0 Å². The van der Waals surface area contributed by atoms with Gasteiger partial charge in [0.2, 0.25) is 5.89 Å². The first-order chi connectivity index (χ1) is 16.1. The van der Waals surface area contributed by atoms with E-state index >= 15 is 0 Å². The molecule has 4 aromatic rings. The van der Waals surface area contributed by atoms with Gasteiger partial charge in [0.25, 0.3) is 0 Å². The Morgan fingerprint density at radius 2 is 1.76 bits per heavy atom. The lowest BCUT2D eigenvalue weighted by atomic mass is 10.2. The Kier molecular flexibility index (Phi) is 6.48. The summed E-state index contributed by atoms with van der Waals surface area (Å²) >= 11 is 5.93. The third kappa shape index (κ3) is 5.47. The van der Waals surface area contributed by atoms with Gasteiger partial charge in [0.05, 0.1) is 6.61 Å². The van der Waals surface area contributed by atoms with Crippen LogP contribution in [0.3, 0.4) is 0 Å². The molecular formula is C26H26ClN3O3. The first-order valence-electron chi connectivity index (χ1n) is 11.2. The molecule has 2 heterocycles. The fraction of sp³-hybridized carbons (Fsp3) is 0.269. The van der Waals surface area contributed by atoms with Gasteiger partial charge in [-0.2, -0.15) is 0 Å². The van der Waals surface area contributed by atoms with Gasteiger partial charge >= 0.3 is 0 Å². The second kappa shape index (κ2) is 9.83. The van der Waals surface area contributed by atoms with Crippen LogP contribution in [-0.4, -0.2) is 42.2 Å². The van der Waals surface area contributed by atoms with Crippen LogP contribution < -0.4 is 15.2 Å². The van der Waals surface area contributed by atoms with Crippen LogP contribution in [0.1, 0.15) is 12.8 Å². The summed E-state index contributed by atoms with van der Waals surface area (Å²) < 4.78 is 17.8. The number of aromatic nitrogens is 1. The molecule has 1 fully saturated rings. The van der Waals surface area contributed by atoms with Crippen molar-refractivity contribution in [2.24, 2.45) is 5.73 Å². The highest BCUT2D eigenvalue weighted by Crippen LogP contribution is 2.30. The number of nitrogens with two attached hydrogens (primary N) is 1. The molecule has 33 heavy (non-hydrogen) atoms. The molecule has 0 saturated carbocycles. The van der Waals surface area contributed by atoms with E-state index < -0.39 is 0 Å². The smallest absolute Gasteiger partial charge is 0.227 e. The highest BCUT2D eigenvalue weighted by molar-refractivity contribution is 6.30. The Bertz CT molecular complexity index is 1210. The van der Waals surface area contributed by atoms with E-state index in [1.54, 1.807) is 12.1 Å². The minimum absolute atomic E-state index is 0.327. The number of halogens is 1. The Labute approximate surface area is 197 Å². The molecule has 3 aromatic carbocycles. The van der Waals surface area contributed by atoms with Crippen molar-refractivity contribution in [1.82, 2.24) is 9.88 Å². The molecule has 1 atom stereocenters. The summed E-state index contributed by atoms with van der Waals surface area (Å²) in [4.78, 5) is 7.00. The van der Waals surface area contributed by atoms with Crippen molar-refractivity contribution >= 4 is 22.7 Å². The maximum atomic E-state index is 5.99. The molecule has 0 unspecified atom stereocenters.